The number of carbonyl (C=O) groups is 1. The molecule has 5 nitrogen and oxygen atoms in total. The lowest BCUT2D eigenvalue weighted by Gasteiger charge is -2.23. The zero-order valence-corrected chi connectivity index (χ0v) is 10.9. The molecular formula is C10H13NO4S2. The summed E-state index contributed by atoms with van der Waals surface area (Å²) in [5.74, 6) is -0.572. The second kappa shape index (κ2) is 4.30. The van der Waals surface area contributed by atoms with Crippen LogP contribution in [0.1, 0.15) is 16.1 Å². The summed E-state index contributed by atoms with van der Waals surface area (Å²) in [7, 11) is -1.10. The third kappa shape index (κ3) is 2.61. The van der Waals surface area contributed by atoms with Gasteiger partial charge in [-0.1, -0.05) is 0 Å². The second-order valence-corrected chi connectivity index (χ2v) is 7.40. The van der Waals surface area contributed by atoms with Crippen LogP contribution in [0, 0.1) is 0 Å². The van der Waals surface area contributed by atoms with E-state index < -0.39 is 15.8 Å². The molecule has 0 spiro atoms. The van der Waals surface area contributed by atoms with Crippen LogP contribution in [0.4, 0.5) is 5.00 Å². The van der Waals surface area contributed by atoms with Gasteiger partial charge in [-0.05, 0) is 18.6 Å². The van der Waals surface area contributed by atoms with Crippen molar-refractivity contribution in [3.8, 4) is 0 Å². The number of sulfone groups is 1. The van der Waals surface area contributed by atoms with E-state index >= 15 is 0 Å². The van der Waals surface area contributed by atoms with Crippen LogP contribution in [0.5, 0.6) is 0 Å². The summed E-state index contributed by atoms with van der Waals surface area (Å²) in [6, 6.07) is 3.22. The molecule has 17 heavy (non-hydrogen) atoms. The number of rotatable bonds is 3. The Morgan fingerprint density at radius 2 is 2.24 bits per heavy atom. The lowest BCUT2D eigenvalue weighted by Crippen LogP contribution is -2.31. The van der Waals surface area contributed by atoms with Crippen LogP contribution in [0.25, 0.3) is 0 Å². The largest absolute Gasteiger partial charge is 0.477 e. The molecule has 0 aliphatic carbocycles. The van der Waals surface area contributed by atoms with Crippen LogP contribution >= 0.6 is 11.3 Å². The summed E-state index contributed by atoms with van der Waals surface area (Å²) in [4.78, 5) is 12.9. The van der Waals surface area contributed by atoms with Crippen molar-refractivity contribution in [2.75, 3.05) is 23.5 Å². The van der Waals surface area contributed by atoms with Crippen LogP contribution in [-0.2, 0) is 9.84 Å². The van der Waals surface area contributed by atoms with Crippen molar-refractivity contribution in [2.24, 2.45) is 0 Å². The Morgan fingerprint density at radius 1 is 1.53 bits per heavy atom. The topological polar surface area (TPSA) is 74.7 Å². The minimum absolute atomic E-state index is 0.0414. The molecule has 1 N–H and O–H groups in total. The number of hydrogen-bond acceptors (Lipinski definition) is 5. The molecule has 0 amide bonds. The second-order valence-electron chi connectivity index (χ2n) is 4.11. The molecule has 2 rings (SSSR count). The number of anilines is 1. The highest BCUT2D eigenvalue weighted by Gasteiger charge is 2.31. The fraction of sp³-hybridized carbons (Fsp3) is 0.500. The average Bonchev–Trinajstić information content (AvgIpc) is 2.83. The van der Waals surface area contributed by atoms with E-state index in [1.54, 1.807) is 12.1 Å². The monoisotopic (exact) mass is 275 g/mol. The highest BCUT2D eigenvalue weighted by Crippen LogP contribution is 2.29. The summed E-state index contributed by atoms with van der Waals surface area (Å²) < 4.78 is 22.7. The standard InChI is InChI=1S/C10H13NO4S2/c1-11(7-4-5-17(14,15)6-7)9-3-2-8(16-9)10(12)13/h2-3,7H,4-6H2,1H3,(H,12,13). The van der Waals surface area contributed by atoms with Gasteiger partial charge in [-0.25, -0.2) is 13.2 Å². The molecule has 7 heteroatoms. The quantitative estimate of drug-likeness (QED) is 0.893. The molecule has 1 aliphatic heterocycles. The maximum absolute atomic E-state index is 11.4. The number of hydrogen-bond donors (Lipinski definition) is 1. The molecule has 2 heterocycles. The van der Waals surface area contributed by atoms with Crippen molar-refractivity contribution in [3.63, 3.8) is 0 Å². The molecule has 0 bridgehead atoms. The van der Waals surface area contributed by atoms with Crippen molar-refractivity contribution in [1.82, 2.24) is 0 Å². The third-order valence-electron chi connectivity index (χ3n) is 2.91. The zero-order valence-electron chi connectivity index (χ0n) is 9.29. The van der Waals surface area contributed by atoms with Gasteiger partial charge in [0.25, 0.3) is 0 Å². The van der Waals surface area contributed by atoms with Gasteiger partial charge in [0, 0.05) is 13.1 Å². The SMILES string of the molecule is CN(c1ccc(C(=O)O)s1)C1CCS(=O)(=O)C1. The van der Waals surface area contributed by atoms with Gasteiger partial charge >= 0.3 is 5.97 Å². The predicted molar refractivity (Wildman–Crippen MR) is 66.7 cm³/mol. The van der Waals surface area contributed by atoms with E-state index in [2.05, 4.69) is 0 Å². The summed E-state index contributed by atoms with van der Waals surface area (Å²) in [6.07, 6.45) is 0.610. The molecule has 0 saturated carbocycles. The number of thiophene rings is 1. The van der Waals surface area contributed by atoms with E-state index in [4.69, 9.17) is 5.11 Å². The van der Waals surface area contributed by atoms with Crippen molar-refractivity contribution < 1.29 is 18.3 Å². The van der Waals surface area contributed by atoms with Crippen molar-refractivity contribution >= 4 is 32.1 Å². The van der Waals surface area contributed by atoms with E-state index in [9.17, 15) is 13.2 Å². The van der Waals surface area contributed by atoms with Crippen LogP contribution in [0.3, 0.4) is 0 Å². The molecule has 1 unspecified atom stereocenters. The fourth-order valence-electron chi connectivity index (χ4n) is 1.89. The van der Waals surface area contributed by atoms with Gasteiger partial charge in [-0.3, -0.25) is 0 Å². The predicted octanol–water partition coefficient (Wildman–Crippen LogP) is 1.07. The van der Waals surface area contributed by atoms with Crippen LogP contribution in [-0.4, -0.2) is 44.1 Å². The number of carboxylic acid groups (broad SMARTS) is 1. The van der Waals surface area contributed by atoms with Gasteiger partial charge in [0.05, 0.1) is 16.5 Å². The molecule has 1 aromatic heterocycles. The molecule has 1 saturated heterocycles. The lowest BCUT2D eigenvalue weighted by molar-refractivity contribution is 0.0702. The van der Waals surface area contributed by atoms with Gasteiger partial charge in [0.15, 0.2) is 9.84 Å². The van der Waals surface area contributed by atoms with Crippen LogP contribution in [0.2, 0.25) is 0 Å². The first kappa shape index (κ1) is 12.4. The van der Waals surface area contributed by atoms with Gasteiger partial charge in [-0.2, -0.15) is 0 Å². The summed E-state index contributed by atoms with van der Waals surface area (Å²) in [5.41, 5.74) is 0. The van der Waals surface area contributed by atoms with Crippen molar-refractivity contribution in [1.29, 1.82) is 0 Å². The van der Waals surface area contributed by atoms with Gasteiger partial charge in [0.2, 0.25) is 0 Å². The normalized spacial score (nSPS) is 22.5. The van der Waals surface area contributed by atoms with E-state index in [1.165, 1.54) is 11.3 Å². The van der Waals surface area contributed by atoms with Crippen LogP contribution in [0.15, 0.2) is 12.1 Å². The molecule has 1 aromatic rings. The fourth-order valence-corrected chi connectivity index (χ4v) is 4.55. The molecule has 0 aromatic carbocycles. The Hall–Kier alpha value is -1.08. The Labute approximate surface area is 104 Å². The zero-order chi connectivity index (χ0) is 12.6. The minimum Gasteiger partial charge on any atom is -0.477 e. The van der Waals surface area contributed by atoms with E-state index in [-0.39, 0.29) is 22.4 Å². The number of nitrogens with zero attached hydrogens (tertiary/aromatic N) is 1. The first-order valence-corrected chi connectivity index (χ1v) is 7.79. The molecular weight excluding hydrogens is 262 g/mol. The summed E-state index contributed by atoms with van der Waals surface area (Å²) in [6.45, 7) is 0. The Morgan fingerprint density at radius 3 is 2.71 bits per heavy atom. The highest BCUT2D eigenvalue weighted by atomic mass is 32.2. The van der Waals surface area contributed by atoms with Gasteiger partial charge in [-0.15, -0.1) is 11.3 Å². The Balaban J connectivity index is 2.14. The molecule has 1 aliphatic rings. The molecule has 0 radical (unpaired) electrons. The third-order valence-corrected chi connectivity index (χ3v) is 5.82. The smallest absolute Gasteiger partial charge is 0.345 e. The summed E-state index contributed by atoms with van der Waals surface area (Å²) >= 11 is 1.17. The molecule has 1 fully saturated rings. The first-order valence-electron chi connectivity index (χ1n) is 5.15. The maximum Gasteiger partial charge on any atom is 0.345 e. The average molecular weight is 275 g/mol. The lowest BCUT2D eigenvalue weighted by atomic mass is 10.2. The van der Waals surface area contributed by atoms with E-state index in [0.29, 0.717) is 6.42 Å². The Kier molecular flexibility index (Phi) is 3.13. The number of aromatic carboxylic acids is 1. The highest BCUT2D eigenvalue weighted by molar-refractivity contribution is 7.91. The van der Waals surface area contributed by atoms with E-state index in [1.807, 2.05) is 11.9 Å². The molecule has 1 atom stereocenters. The van der Waals surface area contributed by atoms with Crippen molar-refractivity contribution in [2.45, 2.75) is 12.5 Å². The van der Waals surface area contributed by atoms with Crippen molar-refractivity contribution in [3.05, 3.63) is 17.0 Å². The summed E-state index contributed by atoms with van der Waals surface area (Å²) in [5, 5.41) is 9.62. The van der Waals surface area contributed by atoms with Crippen LogP contribution < -0.4 is 4.90 Å². The van der Waals surface area contributed by atoms with Gasteiger partial charge in [0.1, 0.15) is 4.88 Å². The molecule has 94 valence electrons. The van der Waals surface area contributed by atoms with E-state index in [0.717, 1.165) is 5.00 Å². The maximum atomic E-state index is 11.4. The minimum atomic E-state index is -2.91. The van der Waals surface area contributed by atoms with Gasteiger partial charge < -0.3 is 10.0 Å². The Bertz CT molecular complexity index is 534. The number of carboxylic acids is 1. The first-order chi connectivity index (χ1) is 7.89.